The van der Waals surface area contributed by atoms with Crippen LogP contribution in [-0.2, 0) is 5.60 Å². The van der Waals surface area contributed by atoms with Crippen molar-refractivity contribution >= 4 is 34.0 Å². The molecule has 1 saturated heterocycles. The molecule has 0 bridgehead atoms. The van der Waals surface area contributed by atoms with Crippen molar-refractivity contribution in [3.05, 3.63) is 64.9 Å². The number of carbonyl (C=O) groups excluding carboxylic acids is 2. The number of nitrogens with one attached hydrogen (secondary N) is 1. The maximum atomic E-state index is 14.9. The number of carbonyl (C=O) groups is 2. The van der Waals surface area contributed by atoms with Gasteiger partial charge in [-0.15, -0.1) is 11.3 Å². The number of anilines is 2. The molecule has 1 unspecified atom stereocenters. The maximum Gasteiger partial charge on any atom is 0.272 e. The highest BCUT2D eigenvalue weighted by molar-refractivity contribution is 7.20. The molecule has 1 fully saturated rings. The van der Waals surface area contributed by atoms with Gasteiger partial charge < -0.3 is 26.2 Å². The zero-order chi connectivity index (χ0) is 25.5. The van der Waals surface area contributed by atoms with E-state index in [0.29, 0.717) is 13.0 Å². The minimum Gasteiger partial charge on any atom is -0.391 e. The first-order chi connectivity index (χ1) is 16.4. The summed E-state index contributed by atoms with van der Waals surface area (Å²) < 4.78 is 29.7. The predicted octanol–water partition coefficient (Wildman–Crippen LogP) is 3.37. The lowest BCUT2D eigenvalue weighted by molar-refractivity contribution is 0.0758. The molecular formula is C24H24F2N4O4S. The molecule has 0 saturated carbocycles. The minimum absolute atomic E-state index is 0.00319. The fourth-order valence-corrected chi connectivity index (χ4v) is 4.90. The van der Waals surface area contributed by atoms with Crippen molar-refractivity contribution in [1.82, 2.24) is 9.88 Å². The molecule has 3 aromatic rings. The summed E-state index contributed by atoms with van der Waals surface area (Å²) in [5.74, 6) is -2.73. The van der Waals surface area contributed by atoms with Crippen molar-refractivity contribution in [2.24, 2.45) is 5.73 Å². The number of primary amides is 1. The third-order valence-electron chi connectivity index (χ3n) is 5.65. The zero-order valence-corrected chi connectivity index (χ0v) is 19.8. The van der Waals surface area contributed by atoms with Gasteiger partial charge in [-0.3, -0.25) is 9.59 Å². The van der Waals surface area contributed by atoms with Crippen LogP contribution < -0.4 is 11.1 Å². The van der Waals surface area contributed by atoms with Crippen LogP contribution in [0.3, 0.4) is 0 Å². The molecule has 1 aromatic carbocycles. The van der Waals surface area contributed by atoms with Crippen molar-refractivity contribution in [3.63, 3.8) is 0 Å². The topological polar surface area (TPSA) is 129 Å². The minimum atomic E-state index is -1.44. The second-order valence-electron chi connectivity index (χ2n) is 8.82. The van der Waals surface area contributed by atoms with Gasteiger partial charge in [0.25, 0.3) is 11.8 Å². The third kappa shape index (κ3) is 5.16. The molecule has 11 heteroatoms. The number of likely N-dealkylation sites (tertiary alicyclic amines) is 1. The second-order valence-corrected chi connectivity index (χ2v) is 9.87. The third-order valence-corrected chi connectivity index (χ3v) is 6.72. The van der Waals surface area contributed by atoms with Crippen LogP contribution >= 0.6 is 11.3 Å². The van der Waals surface area contributed by atoms with Crippen molar-refractivity contribution < 1.29 is 28.6 Å². The lowest BCUT2D eigenvalue weighted by atomic mass is 9.96. The number of thiophene rings is 1. The van der Waals surface area contributed by atoms with Gasteiger partial charge in [-0.05, 0) is 56.2 Å². The van der Waals surface area contributed by atoms with Crippen LogP contribution in [0.25, 0.3) is 10.4 Å². The Balaban J connectivity index is 1.66. The lowest BCUT2D eigenvalue weighted by Gasteiger charge is -2.18. The second kappa shape index (κ2) is 9.33. The predicted molar refractivity (Wildman–Crippen MR) is 127 cm³/mol. The molecule has 4 rings (SSSR count). The van der Waals surface area contributed by atoms with Crippen LogP contribution in [0, 0.1) is 11.6 Å². The van der Waals surface area contributed by atoms with Crippen LogP contribution in [-0.4, -0.2) is 51.1 Å². The first-order valence-electron chi connectivity index (χ1n) is 10.8. The van der Waals surface area contributed by atoms with E-state index in [1.807, 2.05) is 0 Å². The molecule has 3 heterocycles. The molecule has 8 nitrogen and oxygen atoms in total. The molecule has 2 amide bonds. The van der Waals surface area contributed by atoms with Crippen molar-refractivity contribution in [2.75, 3.05) is 18.4 Å². The molecular weight excluding hydrogens is 478 g/mol. The first kappa shape index (κ1) is 24.7. The number of hydrogen-bond donors (Lipinski definition) is 4. The molecule has 1 aliphatic heterocycles. The summed E-state index contributed by atoms with van der Waals surface area (Å²) in [5.41, 5.74) is 3.90. The molecule has 1 atom stereocenters. The molecule has 2 aromatic heterocycles. The highest BCUT2D eigenvalue weighted by Crippen LogP contribution is 2.40. The van der Waals surface area contributed by atoms with Gasteiger partial charge in [-0.2, -0.15) is 0 Å². The fraction of sp³-hybridized carbons (Fsp3) is 0.292. The average Bonchev–Trinajstić information content (AvgIpc) is 3.39. The quantitative estimate of drug-likeness (QED) is 0.409. The van der Waals surface area contributed by atoms with E-state index >= 15 is 0 Å². The Morgan fingerprint density at radius 1 is 1.23 bits per heavy atom. The summed E-state index contributed by atoms with van der Waals surface area (Å²) in [7, 11) is 0. The van der Waals surface area contributed by atoms with Gasteiger partial charge in [0, 0.05) is 18.0 Å². The van der Waals surface area contributed by atoms with Gasteiger partial charge >= 0.3 is 0 Å². The monoisotopic (exact) mass is 502 g/mol. The number of amides is 2. The zero-order valence-electron chi connectivity index (χ0n) is 19.0. The molecule has 35 heavy (non-hydrogen) atoms. The number of β-amino-alcohol motifs (C(OH)–C–C–N with tert-alkyl or cyclic N) is 1. The van der Waals surface area contributed by atoms with Crippen molar-refractivity contribution in [2.45, 2.75) is 32.0 Å². The lowest BCUT2D eigenvalue weighted by Crippen LogP contribution is -2.30. The van der Waals surface area contributed by atoms with Crippen molar-refractivity contribution in [3.8, 4) is 10.4 Å². The summed E-state index contributed by atoms with van der Waals surface area (Å²) in [5, 5.41) is 22.9. The Morgan fingerprint density at radius 2 is 1.91 bits per heavy atom. The molecule has 0 aliphatic carbocycles. The van der Waals surface area contributed by atoms with Gasteiger partial charge in [0.1, 0.15) is 28.1 Å². The molecule has 184 valence electrons. The number of halogens is 2. The van der Waals surface area contributed by atoms with E-state index in [-0.39, 0.29) is 50.5 Å². The van der Waals surface area contributed by atoms with Gasteiger partial charge in [0.05, 0.1) is 22.8 Å². The summed E-state index contributed by atoms with van der Waals surface area (Å²) in [4.78, 5) is 30.6. The number of pyridine rings is 1. The highest BCUT2D eigenvalue weighted by atomic mass is 32.1. The van der Waals surface area contributed by atoms with Crippen LogP contribution in [0.15, 0.2) is 36.4 Å². The maximum absolute atomic E-state index is 14.9. The number of aliphatic hydroxyl groups is 2. The van der Waals surface area contributed by atoms with E-state index in [2.05, 4.69) is 10.3 Å². The summed E-state index contributed by atoms with van der Waals surface area (Å²) in [6, 6.07) is 8.06. The normalized spacial score (nSPS) is 15.9. The number of benzene rings is 1. The number of rotatable bonds is 6. The van der Waals surface area contributed by atoms with Gasteiger partial charge in [-0.1, -0.05) is 6.07 Å². The largest absolute Gasteiger partial charge is 0.391 e. The Kier molecular flexibility index (Phi) is 6.58. The Morgan fingerprint density at radius 3 is 2.49 bits per heavy atom. The Hall–Kier alpha value is -3.41. The van der Waals surface area contributed by atoms with Crippen LogP contribution in [0.1, 0.15) is 46.7 Å². The van der Waals surface area contributed by atoms with E-state index in [0.717, 1.165) is 23.5 Å². The van der Waals surface area contributed by atoms with E-state index in [1.165, 1.54) is 30.9 Å². The van der Waals surface area contributed by atoms with E-state index in [1.54, 1.807) is 12.1 Å². The Labute approximate surface area is 204 Å². The number of aliphatic hydroxyl groups excluding tert-OH is 1. The number of nitrogens with zero attached hydrogens (tertiary/aromatic N) is 2. The molecule has 5 N–H and O–H groups in total. The van der Waals surface area contributed by atoms with Gasteiger partial charge in [0.15, 0.2) is 0 Å². The fourth-order valence-electron chi connectivity index (χ4n) is 3.78. The number of aromatic nitrogens is 1. The van der Waals surface area contributed by atoms with Crippen LogP contribution in [0.2, 0.25) is 0 Å². The Bertz CT molecular complexity index is 1280. The summed E-state index contributed by atoms with van der Waals surface area (Å²) in [6.45, 7) is 3.47. The standard InChI is InChI=1S/C24H24F2N4O4S/c1-24(2,34)12-8-15(25)20(16(26)9-12)18-10-14(21(27)32)22(35-18)29-19-5-3-4-17(28-19)23(33)30-7-6-13(31)11-30/h3-5,8-10,13,31,34H,6-7,11H2,1-2H3,(H2,27,32)(H,28,29). The summed E-state index contributed by atoms with van der Waals surface area (Å²) in [6.07, 6.45) is -0.0747. The van der Waals surface area contributed by atoms with Crippen LogP contribution in [0.5, 0.6) is 0 Å². The van der Waals surface area contributed by atoms with Crippen LogP contribution in [0.4, 0.5) is 19.6 Å². The summed E-state index contributed by atoms with van der Waals surface area (Å²) >= 11 is 0.894. The molecule has 1 aliphatic rings. The number of hydrogen-bond acceptors (Lipinski definition) is 7. The molecule has 0 spiro atoms. The van der Waals surface area contributed by atoms with Gasteiger partial charge in [0.2, 0.25) is 0 Å². The van der Waals surface area contributed by atoms with E-state index in [9.17, 15) is 28.6 Å². The highest BCUT2D eigenvalue weighted by Gasteiger charge is 2.27. The van der Waals surface area contributed by atoms with E-state index < -0.39 is 29.2 Å². The van der Waals surface area contributed by atoms with Gasteiger partial charge in [-0.25, -0.2) is 13.8 Å². The smallest absolute Gasteiger partial charge is 0.272 e. The molecule has 0 radical (unpaired) electrons. The SMILES string of the molecule is CC(C)(O)c1cc(F)c(-c2cc(C(N)=O)c(Nc3cccc(C(=O)N4CCC(O)C4)n3)s2)c(F)c1. The average molecular weight is 503 g/mol. The first-order valence-corrected chi connectivity index (χ1v) is 11.6. The van der Waals surface area contributed by atoms with E-state index in [4.69, 9.17) is 5.73 Å². The number of nitrogens with two attached hydrogens (primary N) is 1. The van der Waals surface area contributed by atoms with Crippen molar-refractivity contribution in [1.29, 1.82) is 0 Å².